The van der Waals surface area contributed by atoms with Crippen LogP contribution in [0.1, 0.15) is 31.4 Å². The van der Waals surface area contributed by atoms with Gasteiger partial charge in [-0.2, -0.15) is 0 Å². The number of Topliss-reactive ketones (excluding diaryl/α,β-unsaturated/α-hetero) is 1. The summed E-state index contributed by atoms with van der Waals surface area (Å²) < 4.78 is 0. The quantitative estimate of drug-likeness (QED) is 0.712. The van der Waals surface area contributed by atoms with Crippen LogP contribution in [-0.4, -0.2) is 5.78 Å². The summed E-state index contributed by atoms with van der Waals surface area (Å²) in [5.41, 5.74) is 2.38. The second kappa shape index (κ2) is 4.94. The molecule has 0 aromatic heterocycles. The lowest BCUT2D eigenvalue weighted by Crippen LogP contribution is -2.13. The lowest BCUT2D eigenvalue weighted by Gasteiger charge is -2.08. The van der Waals surface area contributed by atoms with Crippen molar-refractivity contribution in [2.75, 3.05) is 0 Å². The molecule has 0 saturated heterocycles. The molecule has 1 unspecified atom stereocenters. The molecule has 0 radical (unpaired) electrons. The molecule has 1 aromatic rings. The first-order chi connectivity index (χ1) is 6.65. The van der Waals surface area contributed by atoms with Gasteiger partial charge in [-0.05, 0) is 24.5 Å². The number of ketones is 1. The highest BCUT2D eigenvalue weighted by molar-refractivity contribution is 5.83. The highest BCUT2D eigenvalue weighted by atomic mass is 16.1. The number of hydrogen-bond donors (Lipinski definition) is 0. The molecule has 1 aromatic carbocycles. The fourth-order valence-corrected chi connectivity index (χ4v) is 1.40. The second-order valence-corrected chi connectivity index (χ2v) is 3.88. The van der Waals surface area contributed by atoms with Gasteiger partial charge in [-0.15, -0.1) is 0 Å². The van der Waals surface area contributed by atoms with E-state index in [1.165, 1.54) is 5.56 Å². The van der Waals surface area contributed by atoms with Crippen LogP contribution in [0.2, 0.25) is 0 Å². The predicted octanol–water partition coefficient (Wildman–Crippen LogP) is 3.15. The largest absolute Gasteiger partial charge is 0.299 e. The van der Waals surface area contributed by atoms with Gasteiger partial charge in [0.2, 0.25) is 0 Å². The standard InChI is InChI=1S/C13H18O/c1-4-10(2)13(14)9-12-8-6-5-7-11(12)3/h5-8,10H,4,9H2,1-3H3. The van der Waals surface area contributed by atoms with Crippen LogP contribution >= 0.6 is 0 Å². The maximum absolute atomic E-state index is 11.7. The lowest BCUT2D eigenvalue weighted by molar-refractivity contribution is -0.121. The van der Waals surface area contributed by atoms with E-state index in [9.17, 15) is 4.79 Å². The number of hydrogen-bond acceptors (Lipinski definition) is 1. The first-order valence-electron chi connectivity index (χ1n) is 5.22. The van der Waals surface area contributed by atoms with Crippen molar-refractivity contribution in [3.05, 3.63) is 35.4 Å². The minimum atomic E-state index is 0.189. The minimum absolute atomic E-state index is 0.189. The van der Waals surface area contributed by atoms with Crippen LogP contribution in [0.3, 0.4) is 0 Å². The third-order valence-corrected chi connectivity index (χ3v) is 2.79. The van der Waals surface area contributed by atoms with Crippen LogP contribution in [0.15, 0.2) is 24.3 Å². The van der Waals surface area contributed by atoms with E-state index in [0.717, 1.165) is 12.0 Å². The van der Waals surface area contributed by atoms with Gasteiger partial charge in [0, 0.05) is 12.3 Å². The van der Waals surface area contributed by atoms with E-state index in [2.05, 4.69) is 19.9 Å². The molecule has 0 amide bonds. The number of carbonyl (C=O) groups is 1. The van der Waals surface area contributed by atoms with Crippen molar-refractivity contribution in [1.82, 2.24) is 0 Å². The summed E-state index contributed by atoms with van der Waals surface area (Å²) in [7, 11) is 0. The van der Waals surface area contributed by atoms with Gasteiger partial charge in [-0.3, -0.25) is 4.79 Å². The summed E-state index contributed by atoms with van der Waals surface area (Å²) in [6.45, 7) is 6.11. The minimum Gasteiger partial charge on any atom is -0.299 e. The number of carbonyl (C=O) groups excluding carboxylic acids is 1. The molecule has 0 aliphatic carbocycles. The van der Waals surface area contributed by atoms with Crippen molar-refractivity contribution in [1.29, 1.82) is 0 Å². The van der Waals surface area contributed by atoms with E-state index in [1.807, 2.05) is 25.1 Å². The van der Waals surface area contributed by atoms with E-state index in [-0.39, 0.29) is 5.92 Å². The SMILES string of the molecule is CCC(C)C(=O)Cc1ccccc1C. The van der Waals surface area contributed by atoms with Crippen LogP contribution in [-0.2, 0) is 11.2 Å². The molecule has 1 nitrogen and oxygen atoms in total. The molecule has 0 fully saturated rings. The third-order valence-electron chi connectivity index (χ3n) is 2.79. The lowest BCUT2D eigenvalue weighted by atomic mass is 9.95. The number of benzene rings is 1. The van der Waals surface area contributed by atoms with Crippen molar-refractivity contribution in [3.63, 3.8) is 0 Å². The summed E-state index contributed by atoms with van der Waals surface area (Å²) >= 11 is 0. The van der Waals surface area contributed by atoms with Crippen LogP contribution in [0.4, 0.5) is 0 Å². The number of aryl methyl sites for hydroxylation is 1. The van der Waals surface area contributed by atoms with Crippen LogP contribution in [0.5, 0.6) is 0 Å². The molecule has 0 aliphatic heterocycles. The van der Waals surface area contributed by atoms with Crippen LogP contribution < -0.4 is 0 Å². The van der Waals surface area contributed by atoms with Crippen LogP contribution in [0, 0.1) is 12.8 Å². The molecule has 0 spiro atoms. The zero-order chi connectivity index (χ0) is 10.6. The Morgan fingerprint density at radius 3 is 2.57 bits per heavy atom. The summed E-state index contributed by atoms with van der Waals surface area (Å²) in [6.07, 6.45) is 1.52. The maximum atomic E-state index is 11.7. The monoisotopic (exact) mass is 190 g/mol. The average Bonchev–Trinajstić information content (AvgIpc) is 2.20. The van der Waals surface area contributed by atoms with Crippen molar-refractivity contribution in [3.8, 4) is 0 Å². The van der Waals surface area contributed by atoms with Gasteiger partial charge in [0.25, 0.3) is 0 Å². The Balaban J connectivity index is 2.70. The molecular formula is C13H18O. The molecule has 1 heteroatoms. The number of rotatable bonds is 4. The van der Waals surface area contributed by atoms with Gasteiger partial charge in [-0.25, -0.2) is 0 Å². The van der Waals surface area contributed by atoms with E-state index in [1.54, 1.807) is 0 Å². The Morgan fingerprint density at radius 2 is 2.00 bits per heavy atom. The predicted molar refractivity (Wildman–Crippen MR) is 59.3 cm³/mol. The van der Waals surface area contributed by atoms with Crippen molar-refractivity contribution >= 4 is 5.78 Å². The fraction of sp³-hybridized carbons (Fsp3) is 0.462. The topological polar surface area (TPSA) is 17.1 Å². The first-order valence-corrected chi connectivity index (χ1v) is 5.22. The highest BCUT2D eigenvalue weighted by Gasteiger charge is 2.11. The first kappa shape index (κ1) is 11.0. The molecule has 0 heterocycles. The smallest absolute Gasteiger partial charge is 0.140 e. The second-order valence-electron chi connectivity index (χ2n) is 3.88. The van der Waals surface area contributed by atoms with E-state index in [0.29, 0.717) is 12.2 Å². The van der Waals surface area contributed by atoms with Crippen molar-refractivity contribution in [2.24, 2.45) is 5.92 Å². The van der Waals surface area contributed by atoms with Gasteiger partial charge >= 0.3 is 0 Å². The summed E-state index contributed by atoms with van der Waals surface area (Å²) in [4.78, 5) is 11.7. The normalized spacial score (nSPS) is 12.5. The molecule has 0 saturated carbocycles. The Bertz CT molecular complexity index is 315. The summed E-state index contributed by atoms with van der Waals surface area (Å²) in [6, 6.07) is 8.09. The van der Waals surface area contributed by atoms with E-state index < -0.39 is 0 Å². The summed E-state index contributed by atoms with van der Waals surface area (Å²) in [5.74, 6) is 0.538. The van der Waals surface area contributed by atoms with Crippen molar-refractivity contribution < 1.29 is 4.79 Å². The zero-order valence-electron chi connectivity index (χ0n) is 9.21. The van der Waals surface area contributed by atoms with Crippen molar-refractivity contribution in [2.45, 2.75) is 33.6 Å². The molecule has 1 atom stereocenters. The third kappa shape index (κ3) is 2.69. The van der Waals surface area contributed by atoms with Gasteiger partial charge in [0.15, 0.2) is 0 Å². The Morgan fingerprint density at radius 1 is 1.36 bits per heavy atom. The van der Waals surface area contributed by atoms with Gasteiger partial charge < -0.3 is 0 Å². The van der Waals surface area contributed by atoms with E-state index >= 15 is 0 Å². The fourth-order valence-electron chi connectivity index (χ4n) is 1.40. The molecular weight excluding hydrogens is 172 g/mol. The molecule has 0 bridgehead atoms. The van der Waals surface area contributed by atoms with Gasteiger partial charge in [-0.1, -0.05) is 38.1 Å². The Labute approximate surface area is 86.1 Å². The Hall–Kier alpha value is -1.11. The highest BCUT2D eigenvalue weighted by Crippen LogP contribution is 2.12. The average molecular weight is 190 g/mol. The van der Waals surface area contributed by atoms with Gasteiger partial charge in [0.1, 0.15) is 5.78 Å². The molecule has 0 aliphatic rings. The zero-order valence-corrected chi connectivity index (χ0v) is 9.21. The maximum Gasteiger partial charge on any atom is 0.140 e. The summed E-state index contributed by atoms with van der Waals surface area (Å²) in [5, 5.41) is 0. The van der Waals surface area contributed by atoms with E-state index in [4.69, 9.17) is 0 Å². The molecule has 0 N–H and O–H groups in total. The Kier molecular flexibility index (Phi) is 3.87. The van der Waals surface area contributed by atoms with Crippen LogP contribution in [0.25, 0.3) is 0 Å². The van der Waals surface area contributed by atoms with Gasteiger partial charge in [0.05, 0.1) is 0 Å². The molecule has 14 heavy (non-hydrogen) atoms. The molecule has 76 valence electrons. The molecule has 1 rings (SSSR count).